The lowest BCUT2D eigenvalue weighted by Gasteiger charge is -2.49. The van der Waals surface area contributed by atoms with E-state index in [2.05, 4.69) is 4.90 Å². The molecule has 0 aromatic heterocycles. The summed E-state index contributed by atoms with van der Waals surface area (Å²) in [5.41, 5.74) is -0.854. The van der Waals surface area contributed by atoms with Crippen LogP contribution in [0.15, 0.2) is 30.3 Å². The number of carbonyl (C=O) groups excluding carboxylic acids is 2. The molecule has 1 unspecified atom stereocenters. The lowest BCUT2D eigenvalue weighted by molar-refractivity contribution is -0.210. The van der Waals surface area contributed by atoms with Gasteiger partial charge in [-0.2, -0.15) is 0 Å². The van der Waals surface area contributed by atoms with Crippen LogP contribution in [-0.4, -0.2) is 60.4 Å². The van der Waals surface area contributed by atoms with Crippen molar-refractivity contribution in [2.24, 2.45) is 5.41 Å². The van der Waals surface area contributed by atoms with E-state index in [1.807, 2.05) is 37.4 Å². The standard InChI is InChI=1S/C20H26F2N2O3/c1-14(2)27-18(26)19(12-20(21,22)13-19)17(25)24-10-9-23(3)11-16(24)15-7-5-4-6-8-15/h4-8,14,16H,9-13H2,1-3H3. The highest BCUT2D eigenvalue weighted by Gasteiger charge is 2.67. The minimum atomic E-state index is -3.01. The lowest BCUT2D eigenvalue weighted by Crippen LogP contribution is -2.63. The lowest BCUT2D eigenvalue weighted by atomic mass is 9.64. The van der Waals surface area contributed by atoms with Crippen molar-refractivity contribution >= 4 is 11.9 Å². The summed E-state index contributed by atoms with van der Waals surface area (Å²) in [5, 5.41) is 0. The van der Waals surface area contributed by atoms with Crippen LogP contribution in [0.4, 0.5) is 8.78 Å². The first-order valence-electron chi connectivity index (χ1n) is 9.28. The van der Waals surface area contributed by atoms with E-state index in [9.17, 15) is 18.4 Å². The smallest absolute Gasteiger partial charge is 0.322 e. The number of nitrogens with zero attached hydrogens (tertiary/aromatic N) is 2. The molecule has 0 N–H and O–H groups in total. The molecule has 3 rings (SSSR count). The third kappa shape index (κ3) is 3.83. The van der Waals surface area contributed by atoms with Gasteiger partial charge in [0.1, 0.15) is 0 Å². The van der Waals surface area contributed by atoms with Crippen LogP contribution in [0, 0.1) is 5.41 Å². The highest BCUT2D eigenvalue weighted by molar-refractivity contribution is 6.04. The van der Waals surface area contributed by atoms with Crippen LogP contribution in [0.2, 0.25) is 0 Å². The van der Waals surface area contributed by atoms with Gasteiger partial charge in [-0.3, -0.25) is 9.59 Å². The Labute approximate surface area is 158 Å². The molecule has 1 aromatic rings. The van der Waals surface area contributed by atoms with E-state index in [-0.39, 0.29) is 6.04 Å². The third-order valence-corrected chi connectivity index (χ3v) is 5.29. The van der Waals surface area contributed by atoms with Crippen LogP contribution in [0.25, 0.3) is 0 Å². The Morgan fingerprint density at radius 2 is 1.78 bits per heavy atom. The van der Waals surface area contributed by atoms with Crippen LogP contribution in [-0.2, 0) is 14.3 Å². The Morgan fingerprint density at radius 1 is 1.15 bits per heavy atom. The Morgan fingerprint density at radius 3 is 2.33 bits per heavy atom. The second-order valence-electron chi connectivity index (χ2n) is 7.93. The molecule has 1 atom stereocenters. The van der Waals surface area contributed by atoms with Crippen LogP contribution in [0.5, 0.6) is 0 Å². The monoisotopic (exact) mass is 380 g/mol. The van der Waals surface area contributed by atoms with Gasteiger partial charge < -0.3 is 14.5 Å². The second-order valence-corrected chi connectivity index (χ2v) is 7.93. The summed E-state index contributed by atoms with van der Waals surface area (Å²) >= 11 is 0. The fraction of sp³-hybridized carbons (Fsp3) is 0.600. The molecule has 1 heterocycles. The molecular weight excluding hydrogens is 354 g/mol. The Kier molecular flexibility index (Phi) is 5.25. The number of benzene rings is 1. The molecule has 1 aliphatic carbocycles. The summed E-state index contributed by atoms with van der Waals surface area (Å²) in [6.45, 7) is 4.89. The highest BCUT2D eigenvalue weighted by atomic mass is 19.3. The number of esters is 1. The van der Waals surface area contributed by atoms with Crippen molar-refractivity contribution in [1.82, 2.24) is 9.80 Å². The Balaban J connectivity index is 1.91. The van der Waals surface area contributed by atoms with Gasteiger partial charge in [0.15, 0.2) is 5.41 Å². The molecule has 1 aromatic carbocycles. The number of piperazine rings is 1. The van der Waals surface area contributed by atoms with E-state index in [1.54, 1.807) is 18.7 Å². The molecule has 2 fully saturated rings. The number of hydrogen-bond acceptors (Lipinski definition) is 4. The number of alkyl halides is 2. The highest BCUT2D eigenvalue weighted by Crippen LogP contribution is 2.54. The van der Waals surface area contributed by atoms with Crippen molar-refractivity contribution in [3.63, 3.8) is 0 Å². The van der Waals surface area contributed by atoms with Crippen LogP contribution >= 0.6 is 0 Å². The Bertz CT molecular complexity index is 700. The van der Waals surface area contributed by atoms with Crippen LogP contribution < -0.4 is 0 Å². The van der Waals surface area contributed by atoms with Crippen LogP contribution in [0.1, 0.15) is 38.3 Å². The number of hydrogen-bond donors (Lipinski definition) is 0. The topological polar surface area (TPSA) is 49.9 Å². The summed E-state index contributed by atoms with van der Waals surface area (Å²) in [6.07, 6.45) is -2.02. The quantitative estimate of drug-likeness (QED) is 0.595. The molecule has 0 spiro atoms. The minimum Gasteiger partial charge on any atom is -0.462 e. The molecule has 0 radical (unpaired) electrons. The van der Waals surface area contributed by atoms with Crippen molar-refractivity contribution in [1.29, 1.82) is 0 Å². The Hall–Kier alpha value is -2.02. The molecule has 7 heteroatoms. The SMILES string of the molecule is CC(C)OC(=O)C1(C(=O)N2CCN(C)CC2c2ccccc2)CC(F)(F)C1. The summed E-state index contributed by atoms with van der Waals surface area (Å²) in [5.74, 6) is -4.39. The van der Waals surface area contributed by atoms with Crippen molar-refractivity contribution in [3.8, 4) is 0 Å². The molecule has 5 nitrogen and oxygen atoms in total. The number of carbonyl (C=O) groups is 2. The van der Waals surface area contributed by atoms with E-state index in [1.165, 1.54) is 0 Å². The second kappa shape index (κ2) is 7.19. The summed E-state index contributed by atoms with van der Waals surface area (Å²) in [6, 6.07) is 9.20. The maximum absolute atomic E-state index is 13.8. The first-order chi connectivity index (χ1) is 12.6. The predicted octanol–water partition coefficient (Wildman–Crippen LogP) is 2.87. The zero-order valence-electron chi connectivity index (χ0n) is 16.0. The van der Waals surface area contributed by atoms with Gasteiger partial charge in [-0.1, -0.05) is 30.3 Å². The zero-order valence-corrected chi connectivity index (χ0v) is 16.0. The van der Waals surface area contributed by atoms with Crippen molar-refractivity contribution in [2.45, 2.75) is 44.8 Å². The summed E-state index contributed by atoms with van der Waals surface area (Å²) in [4.78, 5) is 29.7. The molecule has 148 valence electrons. The summed E-state index contributed by atoms with van der Waals surface area (Å²) in [7, 11) is 1.96. The molecule has 1 aliphatic heterocycles. The van der Waals surface area contributed by atoms with E-state index < -0.39 is 42.2 Å². The molecular formula is C20H26F2N2O3. The largest absolute Gasteiger partial charge is 0.462 e. The maximum atomic E-state index is 13.8. The molecule has 1 amide bonds. The molecule has 1 saturated heterocycles. The normalized spacial score (nSPS) is 24.4. The van der Waals surface area contributed by atoms with Gasteiger partial charge in [0.2, 0.25) is 5.91 Å². The first kappa shape index (κ1) is 19.7. The minimum absolute atomic E-state index is 0.282. The van der Waals surface area contributed by atoms with Gasteiger partial charge >= 0.3 is 5.97 Å². The average molecular weight is 380 g/mol. The van der Waals surface area contributed by atoms with Crippen molar-refractivity contribution < 1.29 is 23.1 Å². The van der Waals surface area contributed by atoms with Gasteiger partial charge in [-0.15, -0.1) is 0 Å². The van der Waals surface area contributed by atoms with Crippen molar-refractivity contribution in [3.05, 3.63) is 35.9 Å². The van der Waals surface area contributed by atoms with Gasteiger partial charge in [0, 0.05) is 32.5 Å². The number of amides is 1. The number of rotatable bonds is 4. The maximum Gasteiger partial charge on any atom is 0.322 e. The molecule has 2 aliphatic rings. The average Bonchev–Trinajstić information content (AvgIpc) is 2.58. The van der Waals surface area contributed by atoms with Gasteiger partial charge in [-0.05, 0) is 26.5 Å². The van der Waals surface area contributed by atoms with E-state index in [0.717, 1.165) is 5.56 Å². The van der Waals surface area contributed by atoms with Gasteiger partial charge in [0.05, 0.1) is 12.1 Å². The summed E-state index contributed by atoms with van der Waals surface area (Å²) < 4.78 is 32.7. The van der Waals surface area contributed by atoms with Gasteiger partial charge in [-0.25, -0.2) is 8.78 Å². The number of likely N-dealkylation sites (N-methyl/N-ethyl adjacent to an activating group) is 1. The zero-order chi connectivity index (χ0) is 19.8. The predicted molar refractivity (Wildman–Crippen MR) is 96.2 cm³/mol. The molecule has 1 saturated carbocycles. The molecule has 0 bridgehead atoms. The van der Waals surface area contributed by atoms with E-state index in [0.29, 0.717) is 19.6 Å². The number of ether oxygens (including phenoxy) is 1. The number of halogens is 2. The van der Waals surface area contributed by atoms with Crippen LogP contribution in [0.3, 0.4) is 0 Å². The van der Waals surface area contributed by atoms with E-state index in [4.69, 9.17) is 4.74 Å². The molecule has 27 heavy (non-hydrogen) atoms. The fourth-order valence-electron chi connectivity index (χ4n) is 3.94. The third-order valence-electron chi connectivity index (χ3n) is 5.29. The van der Waals surface area contributed by atoms with E-state index >= 15 is 0 Å². The fourth-order valence-corrected chi connectivity index (χ4v) is 3.94. The van der Waals surface area contributed by atoms with Crippen molar-refractivity contribution in [2.75, 3.05) is 26.7 Å². The van der Waals surface area contributed by atoms with Gasteiger partial charge in [0.25, 0.3) is 5.92 Å². The first-order valence-corrected chi connectivity index (χ1v) is 9.28.